The van der Waals surface area contributed by atoms with E-state index in [9.17, 15) is 0 Å². The second-order valence-electron chi connectivity index (χ2n) is 6.55. The molecule has 1 aromatic rings. The average molecular weight is 251 g/mol. The van der Waals surface area contributed by atoms with E-state index < -0.39 is 0 Å². The second kappa shape index (κ2) is 6.37. The highest BCUT2D eigenvalue weighted by Crippen LogP contribution is 2.29. The van der Waals surface area contributed by atoms with Crippen molar-refractivity contribution in [3.8, 4) is 0 Å². The standard InChI is InChI=1S/C15H29N3/c1-12(15(2,3)4)9-14(16-5)8-7-13-10-17-18(6)11-13/h10-12,14,16H,7-9H2,1-6H3. The van der Waals surface area contributed by atoms with Gasteiger partial charge in [-0.1, -0.05) is 27.7 Å². The third kappa shape index (κ3) is 4.81. The van der Waals surface area contributed by atoms with Crippen LogP contribution in [0.15, 0.2) is 12.4 Å². The topological polar surface area (TPSA) is 29.9 Å². The minimum Gasteiger partial charge on any atom is -0.317 e. The van der Waals surface area contributed by atoms with E-state index in [1.165, 1.54) is 18.4 Å². The van der Waals surface area contributed by atoms with Gasteiger partial charge in [-0.15, -0.1) is 0 Å². The van der Waals surface area contributed by atoms with E-state index in [-0.39, 0.29) is 0 Å². The fourth-order valence-corrected chi connectivity index (χ4v) is 2.10. The fourth-order valence-electron chi connectivity index (χ4n) is 2.10. The van der Waals surface area contributed by atoms with Gasteiger partial charge in [0, 0.05) is 19.3 Å². The number of aryl methyl sites for hydroxylation is 2. The predicted octanol–water partition coefficient (Wildman–Crippen LogP) is 3.01. The summed E-state index contributed by atoms with van der Waals surface area (Å²) in [7, 11) is 4.05. The largest absolute Gasteiger partial charge is 0.317 e. The van der Waals surface area contributed by atoms with Gasteiger partial charge in [-0.3, -0.25) is 4.68 Å². The van der Waals surface area contributed by atoms with Crippen LogP contribution in [0.4, 0.5) is 0 Å². The van der Waals surface area contributed by atoms with Crippen LogP contribution >= 0.6 is 0 Å². The first-order valence-electron chi connectivity index (χ1n) is 6.97. The minimum absolute atomic E-state index is 0.392. The fraction of sp³-hybridized carbons (Fsp3) is 0.800. The van der Waals surface area contributed by atoms with E-state index in [0.717, 1.165) is 12.3 Å². The monoisotopic (exact) mass is 251 g/mol. The summed E-state index contributed by atoms with van der Waals surface area (Å²) >= 11 is 0. The van der Waals surface area contributed by atoms with Crippen molar-refractivity contribution >= 4 is 0 Å². The Morgan fingerprint density at radius 2 is 2.06 bits per heavy atom. The van der Waals surface area contributed by atoms with E-state index in [0.29, 0.717) is 11.5 Å². The number of hydrogen-bond acceptors (Lipinski definition) is 2. The van der Waals surface area contributed by atoms with E-state index in [4.69, 9.17) is 0 Å². The maximum absolute atomic E-state index is 4.22. The summed E-state index contributed by atoms with van der Waals surface area (Å²) in [4.78, 5) is 0. The Bertz CT molecular complexity index is 349. The molecule has 0 saturated carbocycles. The second-order valence-corrected chi connectivity index (χ2v) is 6.55. The number of rotatable bonds is 6. The van der Waals surface area contributed by atoms with Crippen LogP contribution in [0.5, 0.6) is 0 Å². The van der Waals surface area contributed by atoms with Crippen LogP contribution in [0, 0.1) is 11.3 Å². The Morgan fingerprint density at radius 3 is 2.50 bits per heavy atom. The highest BCUT2D eigenvalue weighted by molar-refractivity contribution is 5.04. The summed E-state index contributed by atoms with van der Waals surface area (Å²) in [6.45, 7) is 9.33. The molecule has 104 valence electrons. The number of nitrogens with one attached hydrogen (secondary N) is 1. The third-order valence-corrected chi connectivity index (χ3v) is 4.06. The number of hydrogen-bond donors (Lipinski definition) is 1. The molecule has 0 aliphatic carbocycles. The molecule has 2 atom stereocenters. The van der Waals surface area contributed by atoms with Crippen molar-refractivity contribution in [2.45, 2.75) is 53.0 Å². The normalized spacial score (nSPS) is 15.7. The van der Waals surface area contributed by atoms with Gasteiger partial charge in [-0.25, -0.2) is 0 Å². The van der Waals surface area contributed by atoms with E-state index in [1.54, 1.807) is 0 Å². The molecule has 3 heteroatoms. The van der Waals surface area contributed by atoms with Gasteiger partial charge in [-0.2, -0.15) is 5.10 Å². The molecular weight excluding hydrogens is 222 g/mol. The zero-order valence-corrected chi connectivity index (χ0v) is 12.8. The molecule has 0 aromatic carbocycles. The molecule has 0 spiro atoms. The molecule has 0 aliphatic rings. The smallest absolute Gasteiger partial charge is 0.0521 e. The van der Waals surface area contributed by atoms with Crippen LogP contribution < -0.4 is 5.32 Å². The number of nitrogens with zero attached hydrogens (tertiary/aromatic N) is 2. The van der Waals surface area contributed by atoms with Crippen LogP contribution in [0.2, 0.25) is 0 Å². The zero-order chi connectivity index (χ0) is 13.8. The van der Waals surface area contributed by atoms with E-state index >= 15 is 0 Å². The van der Waals surface area contributed by atoms with Crippen molar-refractivity contribution in [3.05, 3.63) is 18.0 Å². The summed E-state index contributed by atoms with van der Waals surface area (Å²) in [5.41, 5.74) is 1.73. The van der Waals surface area contributed by atoms with Crippen molar-refractivity contribution in [2.75, 3.05) is 7.05 Å². The summed E-state index contributed by atoms with van der Waals surface area (Å²) in [5, 5.41) is 7.67. The Kier molecular flexibility index (Phi) is 5.39. The first kappa shape index (κ1) is 15.2. The zero-order valence-electron chi connectivity index (χ0n) is 12.8. The SMILES string of the molecule is CNC(CCc1cnn(C)c1)CC(C)C(C)(C)C. The molecule has 1 N–H and O–H groups in total. The van der Waals surface area contributed by atoms with Crippen LogP contribution in [0.1, 0.15) is 46.1 Å². The lowest BCUT2D eigenvalue weighted by Gasteiger charge is -2.30. The molecule has 0 fully saturated rings. The quantitative estimate of drug-likeness (QED) is 0.842. The minimum atomic E-state index is 0.392. The lowest BCUT2D eigenvalue weighted by atomic mass is 9.78. The highest BCUT2D eigenvalue weighted by Gasteiger charge is 2.22. The van der Waals surface area contributed by atoms with Gasteiger partial charge in [0.05, 0.1) is 6.20 Å². The lowest BCUT2D eigenvalue weighted by Crippen LogP contribution is -2.31. The Morgan fingerprint density at radius 1 is 1.39 bits per heavy atom. The van der Waals surface area contributed by atoms with Crippen LogP contribution in [-0.4, -0.2) is 22.9 Å². The molecule has 1 rings (SSSR count). The molecule has 1 heterocycles. The van der Waals surface area contributed by atoms with Crippen LogP contribution in [0.25, 0.3) is 0 Å². The summed E-state index contributed by atoms with van der Waals surface area (Å²) in [6, 6.07) is 0.597. The average Bonchev–Trinajstić information content (AvgIpc) is 2.68. The first-order valence-corrected chi connectivity index (χ1v) is 6.97. The predicted molar refractivity (Wildman–Crippen MR) is 77.6 cm³/mol. The van der Waals surface area contributed by atoms with Gasteiger partial charge in [0.1, 0.15) is 0 Å². The Labute approximate surface area is 112 Å². The summed E-state index contributed by atoms with van der Waals surface area (Å²) in [6.07, 6.45) is 7.61. The number of aromatic nitrogens is 2. The molecule has 2 unspecified atom stereocenters. The molecule has 18 heavy (non-hydrogen) atoms. The summed E-state index contributed by atoms with van der Waals surface area (Å²) in [5.74, 6) is 0.726. The Hall–Kier alpha value is -0.830. The van der Waals surface area contributed by atoms with Crippen molar-refractivity contribution in [2.24, 2.45) is 18.4 Å². The Balaban J connectivity index is 2.42. The van der Waals surface area contributed by atoms with Crippen molar-refractivity contribution in [3.63, 3.8) is 0 Å². The molecular formula is C15H29N3. The molecule has 0 bridgehead atoms. The van der Waals surface area contributed by atoms with E-state index in [2.05, 4.69) is 51.4 Å². The molecule has 0 amide bonds. The van der Waals surface area contributed by atoms with Gasteiger partial charge < -0.3 is 5.32 Å². The van der Waals surface area contributed by atoms with Crippen molar-refractivity contribution in [1.82, 2.24) is 15.1 Å². The molecule has 3 nitrogen and oxygen atoms in total. The van der Waals surface area contributed by atoms with Crippen molar-refractivity contribution in [1.29, 1.82) is 0 Å². The summed E-state index contributed by atoms with van der Waals surface area (Å²) < 4.78 is 1.88. The van der Waals surface area contributed by atoms with Crippen LogP contribution in [0.3, 0.4) is 0 Å². The molecule has 0 radical (unpaired) electrons. The molecule has 0 aliphatic heterocycles. The van der Waals surface area contributed by atoms with Gasteiger partial charge in [0.25, 0.3) is 0 Å². The molecule has 1 aromatic heterocycles. The molecule has 0 saturated heterocycles. The van der Waals surface area contributed by atoms with Gasteiger partial charge in [0.15, 0.2) is 0 Å². The maximum Gasteiger partial charge on any atom is 0.0521 e. The van der Waals surface area contributed by atoms with E-state index in [1.807, 2.05) is 17.9 Å². The lowest BCUT2D eigenvalue weighted by molar-refractivity contribution is 0.222. The first-order chi connectivity index (χ1) is 8.32. The van der Waals surface area contributed by atoms with Gasteiger partial charge >= 0.3 is 0 Å². The van der Waals surface area contributed by atoms with Crippen LogP contribution in [-0.2, 0) is 13.5 Å². The maximum atomic E-state index is 4.22. The van der Waals surface area contributed by atoms with Gasteiger partial charge in [0.2, 0.25) is 0 Å². The highest BCUT2D eigenvalue weighted by atomic mass is 15.2. The van der Waals surface area contributed by atoms with Gasteiger partial charge in [-0.05, 0) is 43.2 Å². The van der Waals surface area contributed by atoms with Crippen molar-refractivity contribution < 1.29 is 0 Å². The third-order valence-electron chi connectivity index (χ3n) is 4.06.